The quantitative estimate of drug-likeness (QED) is 0.0709. The summed E-state index contributed by atoms with van der Waals surface area (Å²) in [7, 11) is -0.954. The van der Waals surface area contributed by atoms with Crippen molar-refractivity contribution in [1.29, 1.82) is 0 Å². The zero-order valence-corrected chi connectivity index (χ0v) is 34.0. The Morgan fingerprint density at radius 1 is 0.929 bits per heavy atom. The Morgan fingerprint density at radius 3 is 2.09 bits per heavy atom. The molecule has 56 heavy (non-hydrogen) atoms. The number of hydrogen-bond donors (Lipinski definition) is 0. The molecule has 1 amide bonds. The lowest BCUT2D eigenvalue weighted by Gasteiger charge is -2.28. The predicted octanol–water partition coefficient (Wildman–Crippen LogP) is 7.58. The van der Waals surface area contributed by atoms with E-state index in [-0.39, 0.29) is 82.1 Å². The molecule has 0 unspecified atom stereocenters. The third-order valence-electron chi connectivity index (χ3n) is 8.64. The van der Waals surface area contributed by atoms with Gasteiger partial charge in [0, 0.05) is 18.5 Å². The van der Waals surface area contributed by atoms with Gasteiger partial charge in [-0.1, -0.05) is 29.3 Å². The molecule has 0 saturated heterocycles. The number of hydrogen-bond acceptors (Lipinski definition) is 11. The minimum atomic E-state index is -4.34. The van der Waals surface area contributed by atoms with Gasteiger partial charge in [0.15, 0.2) is 23.9 Å². The fourth-order valence-electron chi connectivity index (χ4n) is 5.33. The van der Waals surface area contributed by atoms with Crippen LogP contribution in [0, 0.1) is 17.0 Å². The first-order chi connectivity index (χ1) is 26.3. The lowest BCUT2D eigenvalue weighted by Crippen LogP contribution is -2.43. The third kappa shape index (κ3) is 12.2. The molecule has 13 nitrogen and oxygen atoms in total. The molecule has 2 aliphatic rings. The molecule has 1 heterocycles. The van der Waals surface area contributed by atoms with E-state index in [4.69, 9.17) is 46.9 Å². The molecular formula is C38H45Cl2F2N3O10S. The van der Waals surface area contributed by atoms with Gasteiger partial charge in [-0.05, 0) is 108 Å². The second-order valence-electron chi connectivity index (χ2n) is 15.0. The third-order valence-corrected chi connectivity index (χ3v) is 10.9. The Morgan fingerprint density at radius 2 is 1.54 bits per heavy atom. The molecule has 0 N–H and O–H groups in total. The van der Waals surface area contributed by atoms with Gasteiger partial charge in [0.05, 0.1) is 24.5 Å². The molecule has 2 saturated carbocycles. The van der Waals surface area contributed by atoms with Crippen LogP contribution in [0.5, 0.6) is 17.2 Å². The van der Waals surface area contributed by atoms with Gasteiger partial charge in [-0.15, -0.1) is 0 Å². The Kier molecular flexibility index (Phi) is 13.8. The van der Waals surface area contributed by atoms with Gasteiger partial charge in [0.2, 0.25) is 10.0 Å². The summed E-state index contributed by atoms with van der Waals surface area (Å²) >= 11 is 12.8. The van der Waals surface area contributed by atoms with E-state index in [0.717, 1.165) is 38.1 Å². The number of nitrogens with zero attached hydrogens (tertiary/aromatic N) is 3. The number of amides is 1. The van der Waals surface area contributed by atoms with Crippen molar-refractivity contribution in [2.75, 3.05) is 43.9 Å². The smallest absolute Gasteiger partial charge is 0.429 e. The SMILES string of the molecule is CN(C)CCS(=O)(=O)N(C(=O)OC(C)(C)C)c1ccc(C(=O)O[C@@H](Cc2c(Cl)c[n+]([O-])cc2Cl)c2ccc(OC(F)F)c(OCC3CC3)c2)cc1OCC1CC1. The van der Waals surface area contributed by atoms with Crippen LogP contribution in [-0.4, -0.2) is 77.2 Å². The van der Waals surface area contributed by atoms with Crippen LogP contribution in [-0.2, 0) is 25.9 Å². The van der Waals surface area contributed by atoms with Crippen LogP contribution >= 0.6 is 23.2 Å². The number of sulfonamides is 1. The van der Waals surface area contributed by atoms with E-state index in [1.807, 2.05) is 0 Å². The van der Waals surface area contributed by atoms with E-state index >= 15 is 0 Å². The standard InChI is InChI=1S/C38H45Cl2F2N3O10S/c1-38(2,3)55-37(47)45(56(49,50)15-14-43(4)5)30-12-10-26(17-33(30)51-21-23-6-7-23)35(46)53-32(18-27-28(39)19-44(48)20-29(27)40)25-11-13-31(54-36(41)42)34(16-25)52-22-24-8-9-24/h10-13,16-17,19-20,23-24,32,36H,6-9,14-15,18,21-22H2,1-5H3/t32-/m0/s1. The zero-order valence-electron chi connectivity index (χ0n) is 31.6. The Bertz CT molecular complexity index is 1980. The monoisotopic (exact) mass is 843 g/mol. The summed E-state index contributed by atoms with van der Waals surface area (Å²) in [6.45, 7) is 2.22. The molecule has 2 aromatic carbocycles. The number of rotatable bonds is 18. The van der Waals surface area contributed by atoms with Crippen molar-refractivity contribution in [2.24, 2.45) is 11.8 Å². The van der Waals surface area contributed by atoms with Crippen molar-refractivity contribution in [3.63, 3.8) is 0 Å². The molecule has 18 heteroatoms. The summed E-state index contributed by atoms with van der Waals surface area (Å²) in [5.74, 6) is -1.19. The molecule has 2 aliphatic carbocycles. The molecule has 0 spiro atoms. The largest absolute Gasteiger partial charge is 0.619 e. The van der Waals surface area contributed by atoms with Crippen molar-refractivity contribution >= 4 is 51.0 Å². The molecular weight excluding hydrogens is 799 g/mol. The molecule has 0 radical (unpaired) electrons. The summed E-state index contributed by atoms with van der Waals surface area (Å²) in [5, 5.41) is 12.0. The lowest BCUT2D eigenvalue weighted by molar-refractivity contribution is -0.605. The van der Waals surface area contributed by atoms with Crippen molar-refractivity contribution in [1.82, 2.24) is 4.90 Å². The Balaban J connectivity index is 1.54. The fraction of sp³-hybridized carbons (Fsp3) is 0.500. The van der Waals surface area contributed by atoms with E-state index < -0.39 is 46.2 Å². The number of aromatic nitrogens is 1. The lowest BCUT2D eigenvalue weighted by atomic mass is 10.0. The van der Waals surface area contributed by atoms with Crippen LogP contribution in [0.25, 0.3) is 0 Å². The predicted molar refractivity (Wildman–Crippen MR) is 204 cm³/mol. The number of alkyl halides is 2. The zero-order chi connectivity index (χ0) is 40.9. The summed E-state index contributed by atoms with van der Waals surface area (Å²) in [6, 6.07) is 7.94. The van der Waals surface area contributed by atoms with E-state index in [2.05, 4.69) is 0 Å². The van der Waals surface area contributed by atoms with Crippen LogP contribution in [0.15, 0.2) is 48.8 Å². The summed E-state index contributed by atoms with van der Waals surface area (Å²) < 4.78 is 83.4. The van der Waals surface area contributed by atoms with Gasteiger partial charge in [-0.25, -0.2) is 18.0 Å². The van der Waals surface area contributed by atoms with Gasteiger partial charge < -0.3 is 33.8 Å². The molecule has 1 atom stereocenters. The fourth-order valence-corrected chi connectivity index (χ4v) is 7.42. The molecule has 3 aromatic rings. The van der Waals surface area contributed by atoms with E-state index in [9.17, 15) is 32.0 Å². The molecule has 1 aromatic heterocycles. The summed E-state index contributed by atoms with van der Waals surface area (Å²) in [5.41, 5.74) is -0.740. The minimum absolute atomic E-state index is 0.00349. The number of carbonyl (C=O) groups excluding carboxylic acids is 2. The highest BCUT2D eigenvalue weighted by atomic mass is 35.5. The number of carbonyl (C=O) groups is 2. The highest BCUT2D eigenvalue weighted by Crippen LogP contribution is 2.40. The van der Waals surface area contributed by atoms with Gasteiger partial charge in [-0.2, -0.15) is 17.8 Å². The highest BCUT2D eigenvalue weighted by Gasteiger charge is 2.37. The van der Waals surface area contributed by atoms with Crippen LogP contribution in [0.1, 0.15) is 74.0 Å². The number of benzene rings is 2. The number of anilines is 1. The van der Waals surface area contributed by atoms with Crippen LogP contribution in [0.3, 0.4) is 0 Å². The van der Waals surface area contributed by atoms with Crippen molar-refractivity contribution in [3.05, 3.63) is 80.7 Å². The number of esters is 1. The maximum absolute atomic E-state index is 14.1. The first-order valence-corrected chi connectivity index (χ1v) is 20.3. The van der Waals surface area contributed by atoms with Crippen molar-refractivity contribution in [2.45, 2.75) is 71.2 Å². The van der Waals surface area contributed by atoms with Crippen molar-refractivity contribution in [3.8, 4) is 17.2 Å². The first kappa shape index (κ1) is 43.0. The Labute approximate surface area is 334 Å². The van der Waals surface area contributed by atoms with Crippen LogP contribution in [0.2, 0.25) is 10.0 Å². The summed E-state index contributed by atoms with van der Waals surface area (Å²) in [6.07, 6.45) is 3.28. The molecule has 2 fully saturated rings. The second-order valence-corrected chi connectivity index (χ2v) is 17.8. The maximum Gasteiger partial charge on any atom is 0.429 e. The van der Waals surface area contributed by atoms with Gasteiger partial charge >= 0.3 is 18.7 Å². The van der Waals surface area contributed by atoms with E-state index in [1.165, 1.54) is 36.4 Å². The molecule has 0 bridgehead atoms. The maximum atomic E-state index is 14.1. The second kappa shape index (κ2) is 18.0. The minimum Gasteiger partial charge on any atom is -0.619 e. The topological polar surface area (TPSA) is 148 Å². The first-order valence-electron chi connectivity index (χ1n) is 18.0. The number of ether oxygens (including phenoxy) is 5. The van der Waals surface area contributed by atoms with E-state index in [1.54, 1.807) is 39.8 Å². The number of pyridine rings is 1. The highest BCUT2D eigenvalue weighted by molar-refractivity contribution is 7.93. The van der Waals surface area contributed by atoms with E-state index in [0.29, 0.717) is 14.6 Å². The van der Waals surface area contributed by atoms with Crippen LogP contribution in [0.4, 0.5) is 19.3 Å². The number of halogens is 4. The van der Waals surface area contributed by atoms with Gasteiger partial charge in [0.25, 0.3) is 0 Å². The average Bonchev–Trinajstić information content (AvgIpc) is 4.03. The summed E-state index contributed by atoms with van der Waals surface area (Å²) in [4.78, 5) is 29.3. The molecule has 5 rings (SSSR count). The Hall–Kier alpha value is -4.12. The average molecular weight is 845 g/mol. The van der Waals surface area contributed by atoms with Crippen LogP contribution < -0.4 is 23.2 Å². The molecule has 306 valence electrons. The van der Waals surface area contributed by atoms with Gasteiger partial charge in [0.1, 0.15) is 33.2 Å². The van der Waals surface area contributed by atoms with Crippen molar-refractivity contribution < 1.29 is 55.2 Å². The normalized spacial score (nSPS) is 15.1. The molecule has 0 aliphatic heterocycles. The van der Waals surface area contributed by atoms with Gasteiger partial charge in [-0.3, -0.25) is 0 Å².